The Labute approximate surface area is 127 Å². The van der Waals surface area contributed by atoms with Gasteiger partial charge in [-0.05, 0) is 35.9 Å². The monoisotopic (exact) mass is 329 g/mol. The van der Waals surface area contributed by atoms with E-state index in [-0.39, 0.29) is 22.2 Å². The number of nitrogens with one attached hydrogen (secondary N) is 1. The zero-order chi connectivity index (χ0) is 15.5. The largest absolute Gasteiger partial charge is 0.495 e. The number of sulfonamides is 1. The minimum absolute atomic E-state index is 0.0320. The standard InChI is InChI=1S/C14H13ClFNO3S/c1-20-13-6-5-11(15)8-14(13)21(18,19)17-9-10-3-2-4-12(16)7-10/h2-8,17H,9H2,1H3. The van der Waals surface area contributed by atoms with Crippen LogP contribution in [-0.2, 0) is 16.6 Å². The number of hydrogen-bond donors (Lipinski definition) is 1. The minimum atomic E-state index is -3.82. The molecule has 0 heterocycles. The molecular formula is C14H13ClFNO3S. The fourth-order valence-electron chi connectivity index (χ4n) is 1.76. The van der Waals surface area contributed by atoms with Crippen molar-refractivity contribution >= 4 is 21.6 Å². The van der Waals surface area contributed by atoms with Crippen LogP contribution in [0.2, 0.25) is 5.02 Å². The van der Waals surface area contributed by atoms with Gasteiger partial charge in [0.25, 0.3) is 0 Å². The normalized spacial score (nSPS) is 11.4. The summed E-state index contributed by atoms with van der Waals surface area (Å²) in [6, 6.07) is 9.99. The van der Waals surface area contributed by atoms with E-state index in [4.69, 9.17) is 16.3 Å². The summed E-state index contributed by atoms with van der Waals surface area (Å²) in [6.07, 6.45) is 0. The highest BCUT2D eigenvalue weighted by Crippen LogP contribution is 2.26. The van der Waals surface area contributed by atoms with E-state index in [9.17, 15) is 12.8 Å². The molecule has 0 aliphatic carbocycles. The number of ether oxygens (including phenoxy) is 1. The summed E-state index contributed by atoms with van der Waals surface area (Å²) in [7, 11) is -2.45. The van der Waals surface area contributed by atoms with Crippen molar-refractivity contribution in [2.24, 2.45) is 0 Å². The molecule has 0 atom stereocenters. The van der Waals surface area contributed by atoms with Crippen molar-refractivity contribution in [3.05, 3.63) is 58.9 Å². The van der Waals surface area contributed by atoms with Gasteiger partial charge in [-0.2, -0.15) is 0 Å². The van der Waals surface area contributed by atoms with Gasteiger partial charge >= 0.3 is 0 Å². The lowest BCUT2D eigenvalue weighted by molar-refractivity contribution is 0.402. The number of rotatable bonds is 5. The molecule has 0 unspecified atom stereocenters. The first-order chi connectivity index (χ1) is 9.92. The topological polar surface area (TPSA) is 55.4 Å². The summed E-state index contributed by atoms with van der Waals surface area (Å²) in [5.74, 6) is -0.238. The van der Waals surface area contributed by atoms with Gasteiger partial charge in [-0.15, -0.1) is 0 Å². The highest BCUT2D eigenvalue weighted by Gasteiger charge is 2.19. The van der Waals surface area contributed by atoms with Gasteiger partial charge in [0.1, 0.15) is 16.5 Å². The van der Waals surface area contributed by atoms with E-state index in [0.29, 0.717) is 5.56 Å². The second-order valence-corrected chi connectivity index (χ2v) is 6.42. The van der Waals surface area contributed by atoms with Crippen LogP contribution >= 0.6 is 11.6 Å². The maximum Gasteiger partial charge on any atom is 0.244 e. The molecule has 0 radical (unpaired) electrons. The molecule has 0 fully saturated rings. The Balaban J connectivity index is 2.24. The fourth-order valence-corrected chi connectivity index (χ4v) is 3.21. The Morgan fingerprint density at radius 3 is 2.67 bits per heavy atom. The molecule has 0 amide bonds. The molecule has 0 aliphatic heterocycles. The Kier molecular flexibility index (Phi) is 4.82. The summed E-state index contributed by atoms with van der Waals surface area (Å²) >= 11 is 5.82. The summed E-state index contributed by atoms with van der Waals surface area (Å²) < 4.78 is 45.0. The van der Waals surface area contributed by atoms with Gasteiger partial charge in [0.2, 0.25) is 10.0 Å². The van der Waals surface area contributed by atoms with Crippen molar-refractivity contribution in [2.45, 2.75) is 11.4 Å². The second kappa shape index (κ2) is 6.43. The van der Waals surface area contributed by atoms with Crippen LogP contribution in [0.4, 0.5) is 4.39 Å². The third-order valence-corrected chi connectivity index (χ3v) is 4.43. The van der Waals surface area contributed by atoms with E-state index in [1.54, 1.807) is 6.07 Å². The lowest BCUT2D eigenvalue weighted by Gasteiger charge is -2.11. The van der Waals surface area contributed by atoms with E-state index in [2.05, 4.69) is 4.72 Å². The molecule has 0 bridgehead atoms. The van der Waals surface area contributed by atoms with Crippen LogP contribution in [0, 0.1) is 5.82 Å². The summed E-state index contributed by atoms with van der Waals surface area (Å²) in [6.45, 7) is -0.0320. The SMILES string of the molecule is COc1ccc(Cl)cc1S(=O)(=O)NCc1cccc(F)c1. The number of hydrogen-bond acceptors (Lipinski definition) is 3. The van der Waals surface area contributed by atoms with Crippen molar-refractivity contribution in [1.29, 1.82) is 0 Å². The Hall–Kier alpha value is -1.63. The van der Waals surface area contributed by atoms with Gasteiger partial charge in [0.15, 0.2) is 0 Å². The number of halogens is 2. The van der Waals surface area contributed by atoms with E-state index >= 15 is 0 Å². The quantitative estimate of drug-likeness (QED) is 0.917. The van der Waals surface area contributed by atoms with Crippen molar-refractivity contribution in [3.63, 3.8) is 0 Å². The first-order valence-corrected chi connectivity index (χ1v) is 7.86. The second-order valence-electron chi connectivity index (χ2n) is 4.25. The summed E-state index contributed by atoms with van der Waals surface area (Å²) in [4.78, 5) is -0.0612. The van der Waals surface area contributed by atoms with E-state index < -0.39 is 15.8 Å². The molecule has 21 heavy (non-hydrogen) atoms. The van der Waals surface area contributed by atoms with Crippen LogP contribution in [0.1, 0.15) is 5.56 Å². The molecule has 1 N–H and O–H groups in total. The Bertz CT molecular complexity index is 750. The van der Waals surface area contributed by atoms with Crippen molar-refractivity contribution in [1.82, 2.24) is 4.72 Å². The first kappa shape index (κ1) is 15.8. The molecule has 0 saturated heterocycles. The lowest BCUT2D eigenvalue weighted by atomic mass is 10.2. The molecule has 0 saturated carbocycles. The smallest absolute Gasteiger partial charge is 0.244 e. The van der Waals surface area contributed by atoms with Gasteiger partial charge in [0, 0.05) is 11.6 Å². The van der Waals surface area contributed by atoms with Gasteiger partial charge in [0.05, 0.1) is 7.11 Å². The van der Waals surface area contributed by atoms with Crippen LogP contribution in [0.25, 0.3) is 0 Å². The van der Waals surface area contributed by atoms with Crippen molar-refractivity contribution in [2.75, 3.05) is 7.11 Å². The van der Waals surface area contributed by atoms with Crippen molar-refractivity contribution in [3.8, 4) is 5.75 Å². The van der Waals surface area contributed by atoms with Crippen LogP contribution in [0.3, 0.4) is 0 Å². The zero-order valence-electron chi connectivity index (χ0n) is 11.1. The van der Waals surface area contributed by atoms with Crippen molar-refractivity contribution < 1.29 is 17.5 Å². The highest BCUT2D eigenvalue weighted by molar-refractivity contribution is 7.89. The molecule has 4 nitrogen and oxygen atoms in total. The number of methoxy groups -OCH3 is 1. The summed E-state index contributed by atoms with van der Waals surface area (Å²) in [5.41, 5.74) is 0.513. The molecular weight excluding hydrogens is 317 g/mol. The molecule has 2 aromatic carbocycles. The van der Waals surface area contributed by atoms with E-state index in [1.165, 1.54) is 43.5 Å². The van der Waals surface area contributed by atoms with Crippen LogP contribution in [0.15, 0.2) is 47.4 Å². The van der Waals surface area contributed by atoms with Crippen LogP contribution in [-0.4, -0.2) is 15.5 Å². The third-order valence-electron chi connectivity index (χ3n) is 2.77. The van der Waals surface area contributed by atoms with E-state index in [1.807, 2.05) is 0 Å². The van der Waals surface area contributed by atoms with Crippen LogP contribution in [0.5, 0.6) is 5.75 Å². The van der Waals surface area contributed by atoms with Gasteiger partial charge in [-0.3, -0.25) is 0 Å². The van der Waals surface area contributed by atoms with Gasteiger partial charge < -0.3 is 4.74 Å². The molecule has 2 aromatic rings. The molecule has 0 aliphatic rings. The first-order valence-electron chi connectivity index (χ1n) is 6.00. The lowest BCUT2D eigenvalue weighted by Crippen LogP contribution is -2.23. The molecule has 2 rings (SSSR count). The highest BCUT2D eigenvalue weighted by atomic mass is 35.5. The predicted octanol–water partition coefficient (Wildman–Crippen LogP) is 2.97. The number of benzene rings is 2. The maximum absolute atomic E-state index is 13.1. The van der Waals surface area contributed by atoms with Crippen LogP contribution < -0.4 is 9.46 Å². The maximum atomic E-state index is 13.1. The molecule has 112 valence electrons. The molecule has 7 heteroatoms. The summed E-state index contributed by atoms with van der Waals surface area (Å²) in [5, 5.41) is 0.280. The van der Waals surface area contributed by atoms with Gasteiger partial charge in [-0.25, -0.2) is 17.5 Å². The molecule has 0 spiro atoms. The Morgan fingerprint density at radius 2 is 2.00 bits per heavy atom. The Morgan fingerprint density at radius 1 is 1.24 bits per heavy atom. The zero-order valence-corrected chi connectivity index (χ0v) is 12.7. The van der Waals surface area contributed by atoms with Gasteiger partial charge in [-0.1, -0.05) is 23.7 Å². The third kappa shape index (κ3) is 3.93. The molecule has 0 aromatic heterocycles. The predicted molar refractivity (Wildman–Crippen MR) is 78.4 cm³/mol. The average molecular weight is 330 g/mol. The fraction of sp³-hybridized carbons (Fsp3) is 0.143. The minimum Gasteiger partial charge on any atom is -0.495 e. The average Bonchev–Trinajstić information content (AvgIpc) is 2.45. The van der Waals surface area contributed by atoms with E-state index in [0.717, 1.165) is 0 Å².